The Morgan fingerprint density at radius 3 is 2.52 bits per heavy atom. The van der Waals surface area contributed by atoms with Gasteiger partial charge in [-0.1, -0.05) is 44.9 Å². The first-order valence-corrected chi connectivity index (χ1v) is 9.49. The number of hydrogen-bond acceptors (Lipinski definition) is 4. The second-order valence-corrected chi connectivity index (χ2v) is 7.83. The molecule has 2 rings (SSSR count). The van der Waals surface area contributed by atoms with Crippen molar-refractivity contribution < 1.29 is 19.1 Å². The predicted molar refractivity (Wildman–Crippen MR) is 97.8 cm³/mol. The number of esters is 2. The highest BCUT2D eigenvalue weighted by Crippen LogP contribution is 2.45. The van der Waals surface area contributed by atoms with Gasteiger partial charge in [0.15, 0.2) is 0 Å². The van der Waals surface area contributed by atoms with E-state index in [0.29, 0.717) is 23.8 Å². The van der Waals surface area contributed by atoms with E-state index in [1.54, 1.807) is 0 Å². The van der Waals surface area contributed by atoms with Crippen LogP contribution in [0.3, 0.4) is 0 Å². The molecule has 0 saturated heterocycles. The fraction of sp³-hybridized carbons (Fsp3) is 0.714. The number of carbonyl (C=O) groups excluding carboxylic acids is 2. The Morgan fingerprint density at radius 2 is 1.96 bits per heavy atom. The zero-order chi connectivity index (χ0) is 18.7. The Kier molecular flexibility index (Phi) is 6.47. The maximum Gasteiger partial charge on any atom is 0.337 e. The van der Waals surface area contributed by atoms with Gasteiger partial charge in [0, 0.05) is 12.3 Å². The molecule has 0 N–H and O–H groups in total. The van der Waals surface area contributed by atoms with Crippen molar-refractivity contribution in [1.82, 2.24) is 0 Å². The van der Waals surface area contributed by atoms with Crippen LogP contribution in [-0.2, 0) is 19.1 Å². The van der Waals surface area contributed by atoms with Crippen LogP contribution in [0.5, 0.6) is 0 Å². The highest BCUT2D eigenvalue weighted by Gasteiger charge is 2.40. The first-order chi connectivity index (χ1) is 11.8. The summed E-state index contributed by atoms with van der Waals surface area (Å²) in [5, 5.41) is 0. The lowest BCUT2D eigenvalue weighted by atomic mass is 9.66. The van der Waals surface area contributed by atoms with Crippen LogP contribution >= 0.6 is 0 Å². The minimum absolute atomic E-state index is 0.165. The minimum Gasteiger partial charge on any atom is -0.466 e. The molecule has 140 valence electrons. The van der Waals surface area contributed by atoms with Crippen molar-refractivity contribution in [3.05, 3.63) is 22.8 Å². The van der Waals surface area contributed by atoms with Crippen molar-refractivity contribution >= 4 is 11.9 Å². The van der Waals surface area contributed by atoms with Crippen molar-refractivity contribution in [3.8, 4) is 0 Å². The third-order valence-corrected chi connectivity index (χ3v) is 5.93. The van der Waals surface area contributed by atoms with Crippen LogP contribution in [0.25, 0.3) is 0 Å². The predicted octanol–water partition coefficient (Wildman–Crippen LogP) is 4.45. The van der Waals surface area contributed by atoms with Gasteiger partial charge in [0.2, 0.25) is 0 Å². The number of ether oxygens (including phenoxy) is 2. The average molecular weight is 348 g/mol. The van der Waals surface area contributed by atoms with Crippen LogP contribution in [0.2, 0.25) is 0 Å². The third kappa shape index (κ3) is 4.16. The number of carbonyl (C=O) groups is 2. The number of methoxy groups -OCH3 is 1. The van der Waals surface area contributed by atoms with E-state index in [1.165, 1.54) is 18.3 Å². The van der Waals surface area contributed by atoms with E-state index in [9.17, 15) is 9.59 Å². The Balaban J connectivity index is 2.38. The van der Waals surface area contributed by atoms with Gasteiger partial charge in [-0.2, -0.15) is 0 Å². The molecular formula is C21H32O4. The molecule has 0 aliphatic heterocycles. The molecule has 4 unspecified atom stereocenters. The fourth-order valence-electron chi connectivity index (χ4n) is 4.00. The van der Waals surface area contributed by atoms with Gasteiger partial charge in [-0.15, -0.1) is 0 Å². The molecule has 0 bridgehead atoms. The Hall–Kier alpha value is -1.58. The summed E-state index contributed by atoms with van der Waals surface area (Å²) < 4.78 is 10.7. The van der Waals surface area contributed by atoms with Gasteiger partial charge in [-0.3, -0.25) is 4.79 Å². The molecular weight excluding hydrogens is 316 g/mol. The first kappa shape index (κ1) is 19.7. The highest BCUT2D eigenvalue weighted by molar-refractivity contribution is 5.90. The normalized spacial score (nSPS) is 27.5. The lowest BCUT2D eigenvalue weighted by Crippen LogP contribution is -2.37. The molecule has 2 aliphatic carbocycles. The molecule has 4 atom stereocenters. The maximum atomic E-state index is 12.3. The van der Waals surface area contributed by atoms with Gasteiger partial charge >= 0.3 is 11.9 Å². The molecule has 0 radical (unpaired) electrons. The quantitative estimate of drug-likeness (QED) is 0.544. The van der Waals surface area contributed by atoms with Gasteiger partial charge < -0.3 is 9.47 Å². The zero-order valence-electron chi connectivity index (χ0n) is 16.4. The standard InChI is InChI=1S/C21H32O4/c1-7-13(4)20(22)25-19-11-16-14(5)8-9-15(12(2)3)17(16)10-18(19)21(23)24-6/h10,12-13,15,17,19H,7-9,11H2,1-6H3. The minimum atomic E-state index is -0.527. The van der Waals surface area contributed by atoms with Crippen molar-refractivity contribution in [3.63, 3.8) is 0 Å². The average Bonchev–Trinajstić information content (AvgIpc) is 2.60. The number of allylic oxidation sites excluding steroid dienone is 2. The largest absolute Gasteiger partial charge is 0.466 e. The molecule has 0 saturated carbocycles. The summed E-state index contributed by atoms with van der Waals surface area (Å²) in [5.74, 6) is 0.525. The van der Waals surface area contributed by atoms with Gasteiger partial charge in [0.05, 0.1) is 18.6 Å². The summed E-state index contributed by atoms with van der Waals surface area (Å²) in [4.78, 5) is 24.6. The molecule has 0 heterocycles. The van der Waals surface area contributed by atoms with Crippen LogP contribution < -0.4 is 0 Å². The maximum absolute atomic E-state index is 12.3. The molecule has 0 aromatic carbocycles. The molecule has 25 heavy (non-hydrogen) atoms. The highest BCUT2D eigenvalue weighted by atomic mass is 16.6. The molecule has 0 aromatic rings. The molecule has 4 nitrogen and oxygen atoms in total. The number of rotatable bonds is 5. The van der Waals surface area contributed by atoms with Crippen molar-refractivity contribution in [2.75, 3.05) is 7.11 Å². The van der Waals surface area contributed by atoms with E-state index in [4.69, 9.17) is 9.47 Å². The number of hydrogen-bond donors (Lipinski definition) is 0. The monoisotopic (exact) mass is 348 g/mol. The van der Waals surface area contributed by atoms with Crippen LogP contribution in [0, 0.1) is 23.7 Å². The number of fused-ring (bicyclic) bond motifs is 1. The van der Waals surface area contributed by atoms with Crippen LogP contribution in [-0.4, -0.2) is 25.2 Å². The van der Waals surface area contributed by atoms with Gasteiger partial charge in [0.1, 0.15) is 6.10 Å². The van der Waals surface area contributed by atoms with E-state index in [-0.39, 0.29) is 23.8 Å². The van der Waals surface area contributed by atoms with E-state index < -0.39 is 6.10 Å². The zero-order valence-corrected chi connectivity index (χ0v) is 16.4. The molecule has 0 fully saturated rings. The lowest BCUT2D eigenvalue weighted by molar-refractivity contribution is -0.153. The molecule has 2 aliphatic rings. The summed E-state index contributed by atoms with van der Waals surface area (Å²) in [6, 6.07) is 0. The summed E-state index contributed by atoms with van der Waals surface area (Å²) in [6.07, 6.45) is 5.06. The molecule has 0 spiro atoms. The van der Waals surface area contributed by atoms with Crippen LogP contribution in [0.1, 0.15) is 60.3 Å². The van der Waals surface area contributed by atoms with Crippen LogP contribution in [0.15, 0.2) is 22.8 Å². The van der Waals surface area contributed by atoms with Crippen molar-refractivity contribution in [2.24, 2.45) is 23.7 Å². The summed E-state index contributed by atoms with van der Waals surface area (Å²) in [7, 11) is 1.38. The van der Waals surface area contributed by atoms with E-state index in [2.05, 4.69) is 20.8 Å². The lowest BCUT2D eigenvalue weighted by Gasteiger charge is -2.40. The van der Waals surface area contributed by atoms with E-state index in [1.807, 2.05) is 19.9 Å². The van der Waals surface area contributed by atoms with Gasteiger partial charge in [0.25, 0.3) is 0 Å². The first-order valence-electron chi connectivity index (χ1n) is 9.49. The van der Waals surface area contributed by atoms with Crippen LogP contribution in [0.4, 0.5) is 0 Å². The second kappa shape index (κ2) is 8.20. The summed E-state index contributed by atoms with van der Waals surface area (Å²) in [6.45, 7) is 10.5. The Labute approximate surface area is 151 Å². The molecule has 4 heteroatoms. The third-order valence-electron chi connectivity index (χ3n) is 5.93. The Bertz CT molecular complexity index is 585. The fourth-order valence-corrected chi connectivity index (χ4v) is 4.00. The van der Waals surface area contributed by atoms with Crippen molar-refractivity contribution in [2.45, 2.75) is 66.4 Å². The van der Waals surface area contributed by atoms with Gasteiger partial charge in [-0.05, 0) is 38.0 Å². The van der Waals surface area contributed by atoms with E-state index >= 15 is 0 Å². The second-order valence-electron chi connectivity index (χ2n) is 7.83. The SMILES string of the molecule is CCC(C)C(=O)OC1CC2=C(C)CCC(C(C)C)C2C=C1C(=O)OC. The smallest absolute Gasteiger partial charge is 0.337 e. The summed E-state index contributed by atoms with van der Waals surface area (Å²) in [5.41, 5.74) is 3.24. The summed E-state index contributed by atoms with van der Waals surface area (Å²) >= 11 is 0. The van der Waals surface area contributed by atoms with Gasteiger partial charge in [-0.25, -0.2) is 4.79 Å². The van der Waals surface area contributed by atoms with E-state index in [0.717, 1.165) is 19.3 Å². The molecule has 0 amide bonds. The Morgan fingerprint density at radius 1 is 1.28 bits per heavy atom. The topological polar surface area (TPSA) is 52.6 Å². The molecule has 0 aromatic heterocycles. The van der Waals surface area contributed by atoms with Crippen molar-refractivity contribution in [1.29, 1.82) is 0 Å².